The number of hydrogen-bond acceptors (Lipinski definition) is 7. The van der Waals surface area contributed by atoms with Crippen LogP contribution in [0, 0.1) is 17.0 Å². The topological polar surface area (TPSA) is 120 Å². The van der Waals surface area contributed by atoms with E-state index in [1.807, 2.05) is 0 Å². The van der Waals surface area contributed by atoms with Crippen molar-refractivity contribution in [1.82, 2.24) is 5.43 Å². The van der Waals surface area contributed by atoms with Gasteiger partial charge in [0.15, 0.2) is 6.61 Å². The van der Waals surface area contributed by atoms with Crippen LogP contribution in [0.15, 0.2) is 47.6 Å². The zero-order valence-corrected chi connectivity index (χ0v) is 17.2. The van der Waals surface area contributed by atoms with Crippen LogP contribution in [0.1, 0.15) is 42.3 Å². The maximum Gasteiger partial charge on any atom is 0.344 e. The average molecular weight is 413 g/mol. The molecule has 2 aromatic carbocycles. The van der Waals surface area contributed by atoms with Crippen LogP contribution in [-0.2, 0) is 9.53 Å². The van der Waals surface area contributed by atoms with Gasteiger partial charge in [-0.3, -0.25) is 14.9 Å². The molecule has 0 aliphatic heterocycles. The molecule has 1 N–H and O–H groups in total. The molecule has 158 valence electrons. The molecule has 2 rings (SSSR count). The number of carbonyl (C=O) groups excluding carboxylic acids is 2. The van der Waals surface area contributed by atoms with Gasteiger partial charge in [-0.25, -0.2) is 10.2 Å². The molecule has 0 atom stereocenters. The quantitative estimate of drug-likeness (QED) is 0.321. The van der Waals surface area contributed by atoms with Crippen molar-refractivity contribution in [2.24, 2.45) is 5.10 Å². The fourth-order valence-corrected chi connectivity index (χ4v) is 2.46. The summed E-state index contributed by atoms with van der Waals surface area (Å²) >= 11 is 0. The first kappa shape index (κ1) is 22.5. The van der Waals surface area contributed by atoms with Crippen molar-refractivity contribution < 1.29 is 24.0 Å². The number of nitrogens with one attached hydrogen (secondary N) is 1. The van der Waals surface area contributed by atoms with Crippen molar-refractivity contribution in [2.75, 3.05) is 6.61 Å². The maximum absolute atomic E-state index is 12.2. The summed E-state index contributed by atoms with van der Waals surface area (Å²) in [6, 6.07) is 11.0. The van der Waals surface area contributed by atoms with Gasteiger partial charge >= 0.3 is 5.97 Å². The van der Waals surface area contributed by atoms with Crippen molar-refractivity contribution in [2.45, 2.75) is 33.3 Å². The molecular weight excluding hydrogens is 390 g/mol. The second-order valence-corrected chi connectivity index (χ2v) is 7.35. The lowest BCUT2D eigenvalue weighted by atomic mass is 10.1. The van der Waals surface area contributed by atoms with Gasteiger partial charge in [-0.15, -0.1) is 0 Å². The Labute approximate surface area is 173 Å². The third-order valence-electron chi connectivity index (χ3n) is 3.78. The smallest absolute Gasteiger partial charge is 0.344 e. The first-order valence-electron chi connectivity index (χ1n) is 9.09. The normalized spacial score (nSPS) is 11.2. The number of hydrogen-bond donors (Lipinski definition) is 1. The van der Waals surface area contributed by atoms with Crippen molar-refractivity contribution in [3.63, 3.8) is 0 Å². The minimum Gasteiger partial charge on any atom is -0.482 e. The second kappa shape index (κ2) is 9.64. The van der Waals surface area contributed by atoms with Crippen molar-refractivity contribution in [1.29, 1.82) is 0 Å². The highest BCUT2D eigenvalue weighted by atomic mass is 16.6. The standard InChI is InChI=1S/C21H23N3O6/c1-14-17(6-5-7-18(14)24(27)28)20(26)23-22-12-15-8-10-16(11-9-15)29-13-19(25)30-21(2,3)4/h5-12H,13H2,1-4H3,(H,23,26)/b22-12-. The van der Waals surface area contributed by atoms with E-state index in [0.717, 1.165) is 0 Å². The molecule has 0 spiro atoms. The van der Waals surface area contributed by atoms with Crippen LogP contribution < -0.4 is 10.2 Å². The van der Waals surface area contributed by atoms with Gasteiger partial charge in [-0.05, 0) is 63.6 Å². The largest absolute Gasteiger partial charge is 0.482 e. The first-order chi connectivity index (χ1) is 14.1. The SMILES string of the molecule is Cc1c(C(=O)N/N=C\c2ccc(OCC(=O)OC(C)(C)C)cc2)cccc1[N+](=O)[O-]. The molecule has 0 unspecified atom stereocenters. The lowest BCUT2D eigenvalue weighted by molar-refractivity contribution is -0.385. The molecule has 0 heterocycles. The summed E-state index contributed by atoms with van der Waals surface area (Å²) in [5.74, 6) is -0.536. The van der Waals surface area contributed by atoms with Gasteiger partial charge in [0.05, 0.1) is 16.7 Å². The number of rotatable bonds is 7. The summed E-state index contributed by atoms with van der Waals surface area (Å²) in [5.41, 5.74) is 2.76. The van der Waals surface area contributed by atoms with Crippen molar-refractivity contribution in [3.05, 3.63) is 69.3 Å². The Morgan fingerprint density at radius 2 is 1.83 bits per heavy atom. The van der Waals surface area contributed by atoms with E-state index in [9.17, 15) is 19.7 Å². The molecule has 0 aliphatic carbocycles. The van der Waals surface area contributed by atoms with E-state index in [4.69, 9.17) is 9.47 Å². The van der Waals surface area contributed by atoms with Crippen molar-refractivity contribution >= 4 is 23.8 Å². The molecular formula is C21H23N3O6. The Morgan fingerprint density at radius 1 is 1.17 bits per heavy atom. The summed E-state index contributed by atoms with van der Waals surface area (Å²) in [7, 11) is 0. The van der Waals surface area contributed by atoms with E-state index in [0.29, 0.717) is 11.3 Å². The summed E-state index contributed by atoms with van der Waals surface area (Å²) in [6.07, 6.45) is 1.42. The van der Waals surface area contributed by atoms with Gasteiger partial charge in [0.2, 0.25) is 0 Å². The fraction of sp³-hybridized carbons (Fsp3) is 0.286. The molecule has 9 heteroatoms. The fourth-order valence-electron chi connectivity index (χ4n) is 2.46. The van der Waals surface area contributed by atoms with Crippen LogP contribution >= 0.6 is 0 Å². The summed E-state index contributed by atoms with van der Waals surface area (Å²) in [6.45, 7) is 6.63. The van der Waals surface area contributed by atoms with Gasteiger partial charge in [0.1, 0.15) is 11.4 Å². The van der Waals surface area contributed by atoms with Crippen LogP contribution in [0.5, 0.6) is 5.75 Å². The summed E-state index contributed by atoms with van der Waals surface area (Å²) in [4.78, 5) is 34.3. The highest BCUT2D eigenvalue weighted by molar-refractivity contribution is 5.97. The number of esters is 1. The van der Waals surface area contributed by atoms with Crippen LogP contribution in [-0.4, -0.2) is 35.2 Å². The molecule has 2 aromatic rings. The van der Waals surface area contributed by atoms with Gasteiger partial charge in [-0.1, -0.05) is 6.07 Å². The second-order valence-electron chi connectivity index (χ2n) is 7.35. The molecule has 0 radical (unpaired) electrons. The number of benzene rings is 2. The molecule has 0 fully saturated rings. The molecule has 0 aliphatic rings. The van der Waals surface area contributed by atoms with Gasteiger partial charge < -0.3 is 9.47 Å². The number of carbonyl (C=O) groups is 2. The van der Waals surface area contributed by atoms with Gasteiger partial charge in [-0.2, -0.15) is 5.10 Å². The molecule has 1 amide bonds. The van der Waals surface area contributed by atoms with E-state index in [2.05, 4.69) is 10.5 Å². The van der Waals surface area contributed by atoms with Crippen molar-refractivity contribution in [3.8, 4) is 5.75 Å². The Bertz CT molecular complexity index is 962. The number of nitro benzene ring substituents is 1. The summed E-state index contributed by atoms with van der Waals surface area (Å²) in [5, 5.41) is 14.8. The number of amides is 1. The number of hydrazone groups is 1. The Hall–Kier alpha value is -3.75. The van der Waals surface area contributed by atoms with E-state index in [-0.39, 0.29) is 23.4 Å². The molecule has 9 nitrogen and oxygen atoms in total. The maximum atomic E-state index is 12.2. The van der Waals surface area contributed by atoms with Crippen LogP contribution in [0.3, 0.4) is 0 Å². The van der Waals surface area contributed by atoms with Gasteiger partial charge in [0, 0.05) is 11.6 Å². The molecule has 0 saturated carbocycles. The van der Waals surface area contributed by atoms with Crippen LogP contribution in [0.4, 0.5) is 5.69 Å². The predicted molar refractivity (Wildman–Crippen MR) is 111 cm³/mol. The predicted octanol–water partition coefficient (Wildman–Crippen LogP) is 3.39. The molecule has 30 heavy (non-hydrogen) atoms. The highest BCUT2D eigenvalue weighted by Crippen LogP contribution is 2.21. The molecule has 0 saturated heterocycles. The van der Waals surface area contributed by atoms with E-state index < -0.39 is 22.4 Å². The van der Waals surface area contributed by atoms with Gasteiger partial charge in [0.25, 0.3) is 11.6 Å². The first-order valence-corrected chi connectivity index (χ1v) is 9.09. The molecule has 0 bridgehead atoms. The zero-order chi connectivity index (χ0) is 22.3. The summed E-state index contributed by atoms with van der Waals surface area (Å²) < 4.78 is 10.5. The monoisotopic (exact) mass is 413 g/mol. The highest BCUT2D eigenvalue weighted by Gasteiger charge is 2.18. The van der Waals surface area contributed by atoms with E-state index in [1.54, 1.807) is 45.0 Å². The van der Waals surface area contributed by atoms with Crippen LogP contribution in [0.25, 0.3) is 0 Å². The third-order valence-corrected chi connectivity index (χ3v) is 3.78. The number of ether oxygens (including phenoxy) is 2. The Balaban J connectivity index is 1.92. The third kappa shape index (κ3) is 6.69. The minimum absolute atomic E-state index is 0.131. The Morgan fingerprint density at radius 3 is 2.43 bits per heavy atom. The minimum atomic E-state index is -0.575. The lowest BCUT2D eigenvalue weighted by Crippen LogP contribution is -2.27. The number of nitro groups is 1. The number of nitrogens with zero attached hydrogens (tertiary/aromatic N) is 2. The lowest BCUT2D eigenvalue weighted by Gasteiger charge is -2.19. The van der Waals surface area contributed by atoms with E-state index >= 15 is 0 Å². The Kier molecular flexibility index (Phi) is 7.24. The average Bonchev–Trinajstić information content (AvgIpc) is 2.66. The molecule has 0 aromatic heterocycles. The van der Waals surface area contributed by atoms with Crippen LogP contribution in [0.2, 0.25) is 0 Å². The zero-order valence-electron chi connectivity index (χ0n) is 17.2. The van der Waals surface area contributed by atoms with E-state index in [1.165, 1.54) is 31.3 Å².